The maximum Gasteiger partial charge on any atom is 0.240 e. The van der Waals surface area contributed by atoms with Crippen LogP contribution in [0, 0.1) is 5.92 Å². The molecular formula is C16H24N2O4S. The van der Waals surface area contributed by atoms with Crippen LogP contribution >= 0.6 is 0 Å². The molecule has 1 aromatic carbocycles. The zero-order chi connectivity index (χ0) is 16.3. The topological polar surface area (TPSA) is 67.9 Å². The van der Waals surface area contributed by atoms with E-state index in [0.717, 1.165) is 32.4 Å². The summed E-state index contributed by atoms with van der Waals surface area (Å²) in [6.45, 7) is 3.61. The van der Waals surface area contributed by atoms with Gasteiger partial charge < -0.3 is 14.4 Å². The number of likely N-dealkylation sites (tertiary alicyclic amines) is 1. The standard InChI is InChI=1S/C16H24N2O4S/c1-18-8-5-13(6-9-18)4-7-17-23(19,20)14-2-3-15-16(12-14)22-11-10-21-15/h2-3,12-13,17H,4-11H2,1H3. The van der Waals surface area contributed by atoms with Crippen LogP contribution in [0.4, 0.5) is 0 Å². The molecule has 3 rings (SSSR count). The Hall–Kier alpha value is -1.31. The predicted molar refractivity (Wildman–Crippen MR) is 87.5 cm³/mol. The van der Waals surface area contributed by atoms with Crippen molar-refractivity contribution in [1.29, 1.82) is 0 Å². The van der Waals surface area contributed by atoms with Crippen LogP contribution in [0.25, 0.3) is 0 Å². The first-order valence-corrected chi connectivity index (χ1v) is 9.61. The van der Waals surface area contributed by atoms with Crippen molar-refractivity contribution in [2.45, 2.75) is 24.2 Å². The van der Waals surface area contributed by atoms with Crippen LogP contribution in [-0.2, 0) is 10.0 Å². The van der Waals surface area contributed by atoms with Crippen LogP contribution in [0.5, 0.6) is 11.5 Å². The van der Waals surface area contributed by atoms with Gasteiger partial charge in [0.25, 0.3) is 0 Å². The van der Waals surface area contributed by atoms with E-state index in [4.69, 9.17) is 9.47 Å². The maximum absolute atomic E-state index is 12.4. The van der Waals surface area contributed by atoms with E-state index in [1.54, 1.807) is 12.1 Å². The van der Waals surface area contributed by atoms with E-state index in [0.29, 0.717) is 37.2 Å². The van der Waals surface area contributed by atoms with Crippen molar-refractivity contribution in [3.8, 4) is 11.5 Å². The van der Waals surface area contributed by atoms with Gasteiger partial charge in [0.05, 0.1) is 4.90 Å². The fraction of sp³-hybridized carbons (Fsp3) is 0.625. The lowest BCUT2D eigenvalue weighted by Crippen LogP contribution is -2.32. The van der Waals surface area contributed by atoms with Gasteiger partial charge in [0, 0.05) is 12.6 Å². The summed E-state index contributed by atoms with van der Waals surface area (Å²) >= 11 is 0. The fourth-order valence-corrected chi connectivity index (χ4v) is 4.08. The van der Waals surface area contributed by atoms with Crippen LogP contribution in [0.1, 0.15) is 19.3 Å². The Labute approximate surface area is 137 Å². The van der Waals surface area contributed by atoms with Crippen molar-refractivity contribution < 1.29 is 17.9 Å². The van der Waals surface area contributed by atoms with Crippen LogP contribution < -0.4 is 14.2 Å². The minimum Gasteiger partial charge on any atom is -0.486 e. The molecular weight excluding hydrogens is 316 g/mol. The third-order valence-electron chi connectivity index (χ3n) is 4.51. The molecule has 2 aliphatic rings. The van der Waals surface area contributed by atoms with Gasteiger partial charge in [-0.2, -0.15) is 0 Å². The van der Waals surface area contributed by atoms with E-state index >= 15 is 0 Å². The number of hydrogen-bond acceptors (Lipinski definition) is 5. The molecule has 1 N–H and O–H groups in total. The Kier molecular flexibility index (Phi) is 5.08. The molecule has 2 aliphatic heterocycles. The smallest absolute Gasteiger partial charge is 0.240 e. The molecule has 6 nitrogen and oxygen atoms in total. The quantitative estimate of drug-likeness (QED) is 0.879. The monoisotopic (exact) mass is 340 g/mol. The lowest BCUT2D eigenvalue weighted by atomic mass is 9.94. The van der Waals surface area contributed by atoms with Gasteiger partial charge in [0.15, 0.2) is 11.5 Å². The normalized spacial score (nSPS) is 19.7. The average molecular weight is 340 g/mol. The lowest BCUT2D eigenvalue weighted by molar-refractivity contribution is 0.171. The van der Waals surface area contributed by atoms with Gasteiger partial charge in [0.2, 0.25) is 10.0 Å². The van der Waals surface area contributed by atoms with E-state index < -0.39 is 10.0 Å². The van der Waals surface area contributed by atoms with Crippen molar-refractivity contribution in [2.24, 2.45) is 5.92 Å². The van der Waals surface area contributed by atoms with E-state index in [1.807, 2.05) is 0 Å². The maximum atomic E-state index is 12.4. The molecule has 7 heteroatoms. The number of ether oxygens (including phenoxy) is 2. The number of sulfonamides is 1. The minimum atomic E-state index is -3.50. The summed E-state index contributed by atoms with van der Waals surface area (Å²) in [6, 6.07) is 4.75. The van der Waals surface area contributed by atoms with Crippen LogP contribution in [0.15, 0.2) is 23.1 Å². The van der Waals surface area contributed by atoms with Crippen molar-refractivity contribution in [2.75, 3.05) is 39.9 Å². The van der Waals surface area contributed by atoms with Gasteiger partial charge >= 0.3 is 0 Å². The molecule has 23 heavy (non-hydrogen) atoms. The summed E-state index contributed by atoms with van der Waals surface area (Å²) in [6.07, 6.45) is 3.17. The van der Waals surface area contributed by atoms with Crippen LogP contribution in [-0.4, -0.2) is 53.2 Å². The lowest BCUT2D eigenvalue weighted by Gasteiger charge is -2.28. The van der Waals surface area contributed by atoms with Gasteiger partial charge in [-0.25, -0.2) is 13.1 Å². The van der Waals surface area contributed by atoms with Gasteiger partial charge in [-0.05, 0) is 57.5 Å². The Morgan fingerprint density at radius 1 is 1.17 bits per heavy atom. The highest BCUT2D eigenvalue weighted by Gasteiger charge is 2.21. The van der Waals surface area contributed by atoms with E-state index in [1.165, 1.54) is 6.07 Å². The highest BCUT2D eigenvalue weighted by atomic mass is 32.2. The third kappa shape index (κ3) is 4.16. The number of benzene rings is 1. The molecule has 1 saturated heterocycles. The summed E-state index contributed by atoms with van der Waals surface area (Å²) in [4.78, 5) is 2.54. The van der Waals surface area contributed by atoms with Crippen molar-refractivity contribution in [1.82, 2.24) is 9.62 Å². The van der Waals surface area contributed by atoms with Gasteiger partial charge in [-0.15, -0.1) is 0 Å². The second-order valence-corrected chi connectivity index (χ2v) is 8.01. The molecule has 2 heterocycles. The van der Waals surface area contributed by atoms with E-state index in [-0.39, 0.29) is 4.90 Å². The molecule has 0 saturated carbocycles. The zero-order valence-corrected chi connectivity index (χ0v) is 14.3. The first-order chi connectivity index (χ1) is 11.0. The number of rotatable bonds is 5. The van der Waals surface area contributed by atoms with E-state index in [2.05, 4.69) is 16.7 Å². The molecule has 0 amide bonds. The summed E-state index contributed by atoms with van der Waals surface area (Å²) in [5.41, 5.74) is 0. The predicted octanol–water partition coefficient (Wildman–Crippen LogP) is 1.47. The molecule has 0 spiro atoms. The third-order valence-corrected chi connectivity index (χ3v) is 5.97. The number of piperidine rings is 1. The fourth-order valence-electron chi connectivity index (χ4n) is 3.02. The summed E-state index contributed by atoms with van der Waals surface area (Å²) in [7, 11) is -1.38. The number of nitrogens with zero attached hydrogens (tertiary/aromatic N) is 1. The average Bonchev–Trinajstić information content (AvgIpc) is 2.56. The first kappa shape index (κ1) is 16.5. The molecule has 128 valence electrons. The Morgan fingerprint density at radius 3 is 2.61 bits per heavy atom. The summed E-state index contributed by atoms with van der Waals surface area (Å²) < 4.78 is 38.4. The number of hydrogen-bond donors (Lipinski definition) is 1. The molecule has 1 aromatic rings. The zero-order valence-electron chi connectivity index (χ0n) is 13.5. The molecule has 0 radical (unpaired) electrons. The highest BCUT2D eigenvalue weighted by Crippen LogP contribution is 2.32. The van der Waals surface area contributed by atoms with Crippen LogP contribution in [0.3, 0.4) is 0 Å². The molecule has 0 aromatic heterocycles. The SMILES string of the molecule is CN1CCC(CCNS(=O)(=O)c2ccc3c(c2)OCCO3)CC1. The summed E-state index contributed by atoms with van der Waals surface area (Å²) in [5, 5.41) is 0. The second-order valence-electron chi connectivity index (χ2n) is 6.24. The Balaban J connectivity index is 1.56. The van der Waals surface area contributed by atoms with Gasteiger partial charge in [-0.1, -0.05) is 0 Å². The van der Waals surface area contributed by atoms with Crippen molar-refractivity contribution >= 4 is 10.0 Å². The largest absolute Gasteiger partial charge is 0.486 e. The molecule has 1 fully saturated rings. The van der Waals surface area contributed by atoms with Crippen molar-refractivity contribution in [3.05, 3.63) is 18.2 Å². The molecule has 0 aliphatic carbocycles. The Bertz CT molecular complexity index is 639. The number of fused-ring (bicyclic) bond motifs is 1. The molecule has 0 unspecified atom stereocenters. The minimum absolute atomic E-state index is 0.227. The first-order valence-electron chi connectivity index (χ1n) is 8.12. The van der Waals surface area contributed by atoms with Crippen molar-refractivity contribution in [3.63, 3.8) is 0 Å². The van der Waals surface area contributed by atoms with E-state index in [9.17, 15) is 8.42 Å². The highest BCUT2D eigenvalue weighted by molar-refractivity contribution is 7.89. The number of nitrogens with one attached hydrogen (secondary N) is 1. The van der Waals surface area contributed by atoms with Gasteiger partial charge in [-0.3, -0.25) is 0 Å². The molecule has 0 atom stereocenters. The second kappa shape index (κ2) is 7.07. The Morgan fingerprint density at radius 2 is 1.87 bits per heavy atom. The van der Waals surface area contributed by atoms with Crippen LogP contribution in [0.2, 0.25) is 0 Å². The van der Waals surface area contributed by atoms with Gasteiger partial charge in [0.1, 0.15) is 13.2 Å². The summed E-state index contributed by atoms with van der Waals surface area (Å²) in [5.74, 6) is 1.70. The molecule has 0 bridgehead atoms.